The van der Waals surface area contributed by atoms with Crippen molar-refractivity contribution >= 4 is 39.2 Å². The Morgan fingerprint density at radius 1 is 1.25 bits per heavy atom. The predicted octanol–water partition coefficient (Wildman–Crippen LogP) is 3.48. The van der Waals surface area contributed by atoms with Crippen LogP contribution in [0.25, 0.3) is 10.2 Å². The molecule has 2 aromatic heterocycles. The topological polar surface area (TPSA) is 72.1 Å². The molecular formula is C16H16N4O2S2. The minimum absolute atomic E-state index is 0.177. The number of thiazole rings is 1. The molecule has 0 aliphatic carbocycles. The van der Waals surface area contributed by atoms with Gasteiger partial charge in [0.1, 0.15) is 0 Å². The summed E-state index contributed by atoms with van der Waals surface area (Å²) < 4.78 is 7.46. The average Bonchev–Trinajstić information content (AvgIpc) is 3.21. The first-order valence-electron chi connectivity index (χ1n) is 7.85. The number of hydrogen-bond acceptors (Lipinski definition) is 7. The van der Waals surface area contributed by atoms with Crippen molar-refractivity contribution in [2.45, 2.75) is 35.9 Å². The Bertz CT molecular complexity index is 828. The van der Waals surface area contributed by atoms with Crippen LogP contribution in [0.2, 0.25) is 0 Å². The molecule has 1 aliphatic rings. The minimum atomic E-state index is 0.177. The second kappa shape index (κ2) is 6.90. The van der Waals surface area contributed by atoms with Gasteiger partial charge >= 0.3 is 0 Å². The third kappa shape index (κ3) is 3.44. The van der Waals surface area contributed by atoms with E-state index in [1.165, 1.54) is 4.70 Å². The molecule has 1 aromatic carbocycles. The summed E-state index contributed by atoms with van der Waals surface area (Å²) in [6, 6.07) is 8.08. The summed E-state index contributed by atoms with van der Waals surface area (Å²) in [5, 5.41) is 3.99. The fourth-order valence-corrected chi connectivity index (χ4v) is 4.55. The van der Waals surface area contributed by atoms with Gasteiger partial charge in [0.05, 0.1) is 22.5 Å². The molecule has 1 aliphatic heterocycles. The SMILES string of the molecule is O=C1CCCCN1Cc1noc(CSc2nc3ccccc3s2)n1. The van der Waals surface area contributed by atoms with E-state index in [2.05, 4.69) is 21.2 Å². The van der Waals surface area contributed by atoms with Crippen LogP contribution in [0, 0.1) is 0 Å². The van der Waals surface area contributed by atoms with E-state index in [1.54, 1.807) is 28.0 Å². The van der Waals surface area contributed by atoms with Crippen LogP contribution in [0.5, 0.6) is 0 Å². The molecule has 3 aromatic rings. The van der Waals surface area contributed by atoms with Crippen LogP contribution >= 0.6 is 23.1 Å². The molecule has 8 heteroatoms. The lowest BCUT2D eigenvalue weighted by Gasteiger charge is -2.25. The molecule has 0 atom stereocenters. The van der Waals surface area contributed by atoms with Crippen LogP contribution in [0.3, 0.4) is 0 Å². The van der Waals surface area contributed by atoms with Crippen LogP contribution in [-0.2, 0) is 17.1 Å². The smallest absolute Gasteiger partial charge is 0.237 e. The van der Waals surface area contributed by atoms with Crippen LogP contribution < -0.4 is 0 Å². The Kier molecular flexibility index (Phi) is 4.48. The van der Waals surface area contributed by atoms with E-state index in [4.69, 9.17) is 4.52 Å². The predicted molar refractivity (Wildman–Crippen MR) is 92.7 cm³/mol. The van der Waals surface area contributed by atoms with Gasteiger partial charge in [-0.25, -0.2) is 4.98 Å². The third-order valence-corrected chi connectivity index (χ3v) is 6.02. The van der Waals surface area contributed by atoms with Crippen LogP contribution in [0.1, 0.15) is 31.0 Å². The molecule has 24 heavy (non-hydrogen) atoms. The number of nitrogens with zero attached hydrogens (tertiary/aromatic N) is 4. The van der Waals surface area contributed by atoms with E-state index in [0.717, 1.165) is 29.2 Å². The lowest BCUT2D eigenvalue weighted by molar-refractivity contribution is -0.134. The quantitative estimate of drug-likeness (QED) is 0.649. The number of amides is 1. The van der Waals surface area contributed by atoms with Crippen LogP contribution in [-0.4, -0.2) is 32.5 Å². The molecule has 0 bridgehead atoms. The lowest BCUT2D eigenvalue weighted by Crippen LogP contribution is -2.34. The van der Waals surface area contributed by atoms with Crippen molar-refractivity contribution < 1.29 is 9.32 Å². The largest absolute Gasteiger partial charge is 0.338 e. The van der Waals surface area contributed by atoms with Crippen molar-refractivity contribution in [1.82, 2.24) is 20.0 Å². The summed E-state index contributed by atoms with van der Waals surface area (Å²) in [5.74, 6) is 1.90. The number of piperidine rings is 1. The number of thioether (sulfide) groups is 1. The number of hydrogen-bond donors (Lipinski definition) is 0. The van der Waals surface area contributed by atoms with E-state index in [9.17, 15) is 4.79 Å². The van der Waals surface area contributed by atoms with Gasteiger partial charge in [-0.2, -0.15) is 4.98 Å². The van der Waals surface area contributed by atoms with Crippen molar-refractivity contribution in [1.29, 1.82) is 0 Å². The molecular weight excluding hydrogens is 344 g/mol. The zero-order valence-corrected chi connectivity index (χ0v) is 14.6. The van der Waals surface area contributed by atoms with E-state index in [0.29, 0.717) is 30.4 Å². The van der Waals surface area contributed by atoms with E-state index < -0.39 is 0 Å². The standard InChI is InChI=1S/C16H16N4O2S2/c21-15-7-3-4-8-20(15)9-13-18-14(22-19-13)10-23-16-17-11-5-1-2-6-12(11)24-16/h1-2,5-6H,3-4,7-10H2. The van der Waals surface area contributed by atoms with Gasteiger partial charge in [0.15, 0.2) is 10.2 Å². The van der Waals surface area contributed by atoms with Crippen molar-refractivity contribution in [3.05, 3.63) is 36.0 Å². The first-order valence-corrected chi connectivity index (χ1v) is 9.66. The zero-order chi connectivity index (χ0) is 16.4. The minimum Gasteiger partial charge on any atom is -0.338 e. The Morgan fingerprint density at radius 2 is 2.17 bits per heavy atom. The number of para-hydroxylation sites is 1. The maximum atomic E-state index is 11.8. The van der Waals surface area contributed by atoms with E-state index in [1.807, 2.05) is 18.2 Å². The summed E-state index contributed by atoms with van der Waals surface area (Å²) in [5.41, 5.74) is 1.01. The van der Waals surface area contributed by atoms with Gasteiger partial charge in [-0.3, -0.25) is 4.79 Å². The van der Waals surface area contributed by atoms with Gasteiger partial charge in [-0.05, 0) is 25.0 Å². The van der Waals surface area contributed by atoms with Gasteiger partial charge in [0.2, 0.25) is 11.8 Å². The number of carbonyl (C=O) groups excluding carboxylic acids is 1. The molecule has 1 saturated heterocycles. The highest BCUT2D eigenvalue weighted by atomic mass is 32.2. The van der Waals surface area contributed by atoms with Gasteiger partial charge in [-0.1, -0.05) is 29.1 Å². The van der Waals surface area contributed by atoms with Gasteiger partial charge in [0, 0.05) is 13.0 Å². The lowest BCUT2D eigenvalue weighted by atomic mass is 10.1. The molecule has 0 saturated carbocycles. The number of carbonyl (C=O) groups is 1. The summed E-state index contributed by atoms with van der Waals surface area (Å²) >= 11 is 3.25. The summed E-state index contributed by atoms with van der Waals surface area (Å²) in [6.45, 7) is 1.22. The van der Waals surface area contributed by atoms with Gasteiger partial charge in [-0.15, -0.1) is 11.3 Å². The Morgan fingerprint density at radius 3 is 3.04 bits per heavy atom. The summed E-state index contributed by atoms with van der Waals surface area (Å²) in [7, 11) is 0. The van der Waals surface area contributed by atoms with Crippen molar-refractivity contribution in [2.75, 3.05) is 6.54 Å². The van der Waals surface area contributed by atoms with Crippen molar-refractivity contribution in [2.24, 2.45) is 0 Å². The summed E-state index contributed by atoms with van der Waals surface area (Å²) in [6.07, 6.45) is 2.65. The maximum Gasteiger partial charge on any atom is 0.237 e. The normalized spacial score (nSPS) is 15.3. The second-order valence-corrected chi connectivity index (χ2v) is 7.87. The number of likely N-dealkylation sites (tertiary alicyclic amines) is 1. The van der Waals surface area contributed by atoms with Crippen LogP contribution in [0.15, 0.2) is 33.1 Å². The highest BCUT2D eigenvalue weighted by molar-refractivity contribution is 8.00. The first kappa shape index (κ1) is 15.6. The van der Waals surface area contributed by atoms with Crippen molar-refractivity contribution in [3.63, 3.8) is 0 Å². The molecule has 0 N–H and O–H groups in total. The fraction of sp³-hybridized carbons (Fsp3) is 0.375. The molecule has 1 amide bonds. The molecule has 1 fully saturated rings. The monoisotopic (exact) mass is 360 g/mol. The molecule has 0 spiro atoms. The number of rotatable bonds is 5. The molecule has 124 valence electrons. The highest BCUT2D eigenvalue weighted by Crippen LogP contribution is 2.31. The number of aromatic nitrogens is 3. The van der Waals surface area contributed by atoms with E-state index >= 15 is 0 Å². The highest BCUT2D eigenvalue weighted by Gasteiger charge is 2.20. The number of fused-ring (bicyclic) bond motifs is 1. The maximum absolute atomic E-state index is 11.8. The van der Waals surface area contributed by atoms with Gasteiger partial charge in [0.25, 0.3) is 0 Å². The van der Waals surface area contributed by atoms with E-state index in [-0.39, 0.29) is 5.91 Å². The Hall–Kier alpha value is -1.93. The second-order valence-electron chi connectivity index (χ2n) is 5.61. The molecule has 4 rings (SSSR count). The Balaban J connectivity index is 1.37. The average molecular weight is 360 g/mol. The van der Waals surface area contributed by atoms with Gasteiger partial charge < -0.3 is 9.42 Å². The van der Waals surface area contributed by atoms with Crippen LogP contribution in [0.4, 0.5) is 0 Å². The fourth-order valence-electron chi connectivity index (χ4n) is 2.65. The molecule has 6 nitrogen and oxygen atoms in total. The molecule has 0 unspecified atom stereocenters. The van der Waals surface area contributed by atoms with Crippen molar-refractivity contribution in [3.8, 4) is 0 Å². The Labute approximate surface area is 147 Å². The molecule has 3 heterocycles. The third-order valence-electron chi connectivity index (χ3n) is 3.86. The molecule has 0 radical (unpaired) electrons. The number of benzene rings is 1. The first-order chi connectivity index (χ1) is 11.8. The zero-order valence-electron chi connectivity index (χ0n) is 13.0. The summed E-state index contributed by atoms with van der Waals surface area (Å²) in [4.78, 5) is 22.6.